The lowest BCUT2D eigenvalue weighted by molar-refractivity contribution is -0.144. The number of amides is 4. The molecule has 0 saturated carbocycles. The highest BCUT2D eigenvalue weighted by molar-refractivity contribution is 5.92. The van der Waals surface area contributed by atoms with Crippen LogP contribution >= 0.6 is 0 Å². The number of nitrogens with one attached hydrogen (secondary N) is 4. The lowest BCUT2D eigenvalue weighted by Crippen LogP contribution is -2.51. The molecule has 0 radical (unpaired) electrons. The summed E-state index contributed by atoms with van der Waals surface area (Å²) in [5.41, 5.74) is 0.585. The van der Waals surface area contributed by atoms with Crippen LogP contribution in [0.2, 0.25) is 0 Å². The van der Waals surface area contributed by atoms with Crippen molar-refractivity contribution in [2.24, 2.45) is 0 Å². The van der Waals surface area contributed by atoms with Gasteiger partial charge in [-0.25, -0.2) is 0 Å². The number of hydrogen-bond acceptors (Lipinski definition) is 15. The van der Waals surface area contributed by atoms with Gasteiger partial charge in [0.05, 0.1) is 53.1 Å². The van der Waals surface area contributed by atoms with Crippen LogP contribution in [0.15, 0.2) is 24.3 Å². The molecule has 4 N–H and O–H groups in total. The average molecular weight is 765 g/mol. The van der Waals surface area contributed by atoms with E-state index in [1.807, 2.05) is 19.6 Å². The normalized spacial score (nSPS) is 15.0. The lowest BCUT2D eigenvalue weighted by Gasteiger charge is -2.33. The van der Waals surface area contributed by atoms with Gasteiger partial charge in [0.1, 0.15) is 25.4 Å². The molecular weight excluding hydrogens is 708 g/mol. The molecule has 4 amide bonds. The molecule has 0 atom stereocenters. The van der Waals surface area contributed by atoms with E-state index in [9.17, 15) is 33.6 Å². The summed E-state index contributed by atoms with van der Waals surface area (Å²) in [6.07, 6.45) is 0. The molecule has 302 valence electrons. The van der Waals surface area contributed by atoms with E-state index >= 15 is 0 Å². The summed E-state index contributed by atoms with van der Waals surface area (Å²) in [6.45, 7) is 7.14. The number of ether oxygens (including phenoxy) is 4. The standard InChI is InChI=1S/C35H56N8O11/c1-5-52-33(48)20-36-29(44)23-40-12-14-41(24-30(45)37-21-34(49)53-6-2)16-18-43(26-32(47)39-27-8-10-28(51-4)11-9-27)19-17-42(15-13-40)25-31(46)38-22-35(50)54-7-3/h8-11H,5-7,12-26H2,1-4H3,(H,36,44)(H,37,45)(H,38,46)(H,39,47). The quantitative estimate of drug-likeness (QED) is 0.0876. The third kappa shape index (κ3) is 19.8. The molecule has 0 bridgehead atoms. The smallest absolute Gasteiger partial charge is 0.325 e. The largest absolute Gasteiger partial charge is 0.497 e. The Kier molecular flexibility index (Phi) is 21.8. The van der Waals surface area contributed by atoms with E-state index in [4.69, 9.17) is 18.9 Å². The predicted molar refractivity (Wildman–Crippen MR) is 196 cm³/mol. The molecule has 1 aliphatic rings. The van der Waals surface area contributed by atoms with E-state index in [0.717, 1.165) is 0 Å². The van der Waals surface area contributed by atoms with Crippen molar-refractivity contribution in [1.29, 1.82) is 0 Å². The summed E-state index contributed by atoms with van der Waals surface area (Å²) in [5, 5.41) is 10.6. The van der Waals surface area contributed by atoms with Gasteiger partial charge in [-0.3, -0.25) is 53.2 Å². The second kappa shape index (κ2) is 26.0. The fourth-order valence-corrected chi connectivity index (χ4v) is 5.21. The summed E-state index contributed by atoms with van der Waals surface area (Å²) in [6, 6.07) is 6.91. The van der Waals surface area contributed by atoms with Crippen LogP contribution in [0.25, 0.3) is 0 Å². The van der Waals surface area contributed by atoms with Crippen LogP contribution in [0.1, 0.15) is 20.8 Å². The van der Waals surface area contributed by atoms with Crippen LogP contribution in [0, 0.1) is 0 Å². The van der Waals surface area contributed by atoms with Gasteiger partial charge in [-0.1, -0.05) is 0 Å². The molecule has 1 saturated heterocycles. The molecule has 1 aliphatic heterocycles. The zero-order chi connectivity index (χ0) is 39.7. The first-order valence-electron chi connectivity index (χ1n) is 18.0. The molecule has 0 aromatic heterocycles. The third-order valence-corrected chi connectivity index (χ3v) is 7.98. The van der Waals surface area contributed by atoms with Crippen LogP contribution in [0.5, 0.6) is 5.75 Å². The fourth-order valence-electron chi connectivity index (χ4n) is 5.21. The van der Waals surface area contributed by atoms with Crippen molar-refractivity contribution in [3.8, 4) is 5.75 Å². The number of benzene rings is 1. The number of anilines is 1. The summed E-state index contributed by atoms with van der Waals surface area (Å²) in [7, 11) is 1.55. The minimum Gasteiger partial charge on any atom is -0.497 e. The third-order valence-electron chi connectivity index (χ3n) is 7.98. The van der Waals surface area contributed by atoms with E-state index in [1.165, 1.54) is 0 Å². The maximum atomic E-state index is 13.2. The molecule has 0 unspecified atom stereocenters. The van der Waals surface area contributed by atoms with E-state index in [-0.39, 0.29) is 71.5 Å². The van der Waals surface area contributed by atoms with Gasteiger partial charge in [-0.15, -0.1) is 0 Å². The molecule has 19 heteroatoms. The van der Waals surface area contributed by atoms with Gasteiger partial charge in [0.2, 0.25) is 23.6 Å². The van der Waals surface area contributed by atoms with E-state index in [1.54, 1.807) is 52.1 Å². The van der Waals surface area contributed by atoms with Crippen molar-refractivity contribution in [3.05, 3.63) is 24.3 Å². The molecule has 1 fully saturated rings. The van der Waals surface area contributed by atoms with Gasteiger partial charge in [0.15, 0.2) is 0 Å². The predicted octanol–water partition coefficient (Wildman–Crippen LogP) is -2.11. The lowest BCUT2D eigenvalue weighted by atomic mass is 10.3. The summed E-state index contributed by atoms with van der Waals surface area (Å²) < 4.78 is 19.9. The zero-order valence-electron chi connectivity index (χ0n) is 31.8. The SMILES string of the molecule is CCOC(=O)CNC(=O)CN1CCN(CC(=O)NCC(=O)OCC)CCN(CC(=O)Nc2ccc(OC)cc2)CCN(CC(=O)NCC(=O)OCC)CC1. The van der Waals surface area contributed by atoms with Crippen LogP contribution < -0.4 is 26.0 Å². The first-order chi connectivity index (χ1) is 25.9. The Morgan fingerprint density at radius 1 is 0.500 bits per heavy atom. The highest BCUT2D eigenvalue weighted by atomic mass is 16.5. The Morgan fingerprint density at radius 3 is 1.07 bits per heavy atom. The van der Waals surface area contributed by atoms with Crippen LogP contribution in [0.3, 0.4) is 0 Å². The second-order valence-corrected chi connectivity index (χ2v) is 12.1. The van der Waals surface area contributed by atoms with Crippen LogP contribution in [-0.4, -0.2) is 186 Å². The Morgan fingerprint density at radius 2 is 0.796 bits per heavy atom. The fraction of sp³-hybridized carbons (Fsp3) is 0.629. The van der Waals surface area contributed by atoms with Crippen molar-refractivity contribution in [2.45, 2.75) is 20.8 Å². The topological polar surface area (TPSA) is 217 Å². The number of esters is 3. The minimum atomic E-state index is -0.568. The van der Waals surface area contributed by atoms with Gasteiger partial charge < -0.3 is 40.2 Å². The first-order valence-corrected chi connectivity index (χ1v) is 18.0. The number of hydrogen-bond donors (Lipinski definition) is 4. The van der Waals surface area contributed by atoms with Crippen molar-refractivity contribution in [2.75, 3.05) is 130 Å². The Balaban J connectivity index is 2.26. The first kappa shape index (κ1) is 45.3. The maximum absolute atomic E-state index is 13.2. The number of rotatable bonds is 19. The molecule has 1 aromatic rings. The minimum absolute atomic E-state index is 0.00454. The molecule has 1 aromatic carbocycles. The average Bonchev–Trinajstić information content (AvgIpc) is 3.14. The van der Waals surface area contributed by atoms with Crippen molar-refractivity contribution >= 4 is 47.2 Å². The number of methoxy groups -OCH3 is 1. The number of nitrogens with zero attached hydrogens (tertiary/aromatic N) is 4. The Labute approximate surface area is 316 Å². The highest BCUT2D eigenvalue weighted by Gasteiger charge is 2.22. The van der Waals surface area contributed by atoms with Gasteiger partial charge >= 0.3 is 17.9 Å². The van der Waals surface area contributed by atoms with E-state index in [0.29, 0.717) is 63.8 Å². The number of carbonyl (C=O) groups excluding carboxylic acids is 7. The molecule has 2 rings (SSSR count). The van der Waals surface area contributed by atoms with Crippen molar-refractivity contribution in [1.82, 2.24) is 35.6 Å². The summed E-state index contributed by atoms with van der Waals surface area (Å²) in [5.74, 6) is -2.55. The Bertz CT molecular complexity index is 1310. The van der Waals surface area contributed by atoms with Crippen molar-refractivity contribution < 1.29 is 52.5 Å². The zero-order valence-corrected chi connectivity index (χ0v) is 31.8. The van der Waals surface area contributed by atoms with E-state index < -0.39 is 35.6 Å². The number of carbonyl (C=O) groups is 7. The molecule has 54 heavy (non-hydrogen) atoms. The maximum Gasteiger partial charge on any atom is 0.325 e. The van der Waals surface area contributed by atoms with Gasteiger partial charge in [0.25, 0.3) is 0 Å². The van der Waals surface area contributed by atoms with Crippen LogP contribution in [-0.2, 0) is 47.8 Å². The van der Waals surface area contributed by atoms with Gasteiger partial charge in [-0.2, -0.15) is 0 Å². The Hall–Kier alpha value is -4.85. The van der Waals surface area contributed by atoms with E-state index in [2.05, 4.69) is 21.3 Å². The highest BCUT2D eigenvalue weighted by Crippen LogP contribution is 2.15. The summed E-state index contributed by atoms with van der Waals surface area (Å²) >= 11 is 0. The molecule has 0 spiro atoms. The van der Waals surface area contributed by atoms with Crippen LogP contribution in [0.4, 0.5) is 5.69 Å². The van der Waals surface area contributed by atoms with Gasteiger partial charge in [0, 0.05) is 58.0 Å². The molecule has 0 aliphatic carbocycles. The molecule has 1 heterocycles. The summed E-state index contributed by atoms with van der Waals surface area (Å²) in [4.78, 5) is 94.9. The molecule has 19 nitrogen and oxygen atoms in total. The van der Waals surface area contributed by atoms with Crippen molar-refractivity contribution in [3.63, 3.8) is 0 Å². The second-order valence-electron chi connectivity index (χ2n) is 12.1. The molecular formula is C35H56N8O11. The van der Waals surface area contributed by atoms with Gasteiger partial charge in [-0.05, 0) is 45.0 Å². The monoisotopic (exact) mass is 764 g/mol.